The predicted molar refractivity (Wildman–Crippen MR) is 151 cm³/mol. The molecule has 38 heavy (non-hydrogen) atoms. The Labute approximate surface area is 221 Å². The Kier molecular flexibility index (Phi) is 7.56. The average molecular weight is 503 g/mol. The number of aliphatic imine (C=N–C) groups is 2. The molecule has 0 unspecified atom stereocenters. The normalized spacial score (nSPS) is 14.0. The number of rotatable bonds is 6. The zero-order chi connectivity index (χ0) is 26.2. The average Bonchev–Trinajstić information content (AvgIpc) is 3.68. The molecule has 3 aromatic rings. The van der Waals surface area contributed by atoms with Crippen molar-refractivity contribution in [2.24, 2.45) is 9.98 Å². The van der Waals surface area contributed by atoms with E-state index in [4.69, 9.17) is 0 Å². The summed E-state index contributed by atoms with van der Waals surface area (Å²) in [4.78, 5) is 33.3. The summed E-state index contributed by atoms with van der Waals surface area (Å²) in [5.41, 5.74) is 4.91. The van der Waals surface area contributed by atoms with Crippen molar-refractivity contribution >= 4 is 40.9 Å². The van der Waals surface area contributed by atoms with E-state index in [9.17, 15) is 9.59 Å². The van der Waals surface area contributed by atoms with Crippen LogP contribution in [0.3, 0.4) is 0 Å². The van der Waals surface area contributed by atoms with Gasteiger partial charge in [-0.2, -0.15) is 0 Å². The van der Waals surface area contributed by atoms with Crippen LogP contribution in [0.4, 0.5) is 11.4 Å². The van der Waals surface area contributed by atoms with Gasteiger partial charge < -0.3 is 21.3 Å². The van der Waals surface area contributed by atoms with Gasteiger partial charge in [0.2, 0.25) is 5.91 Å². The molecule has 0 saturated heterocycles. The molecule has 188 valence electrons. The third-order valence-electron chi connectivity index (χ3n) is 5.85. The molecule has 2 aliphatic rings. The standard InChI is InChI=1S/C30H26N6O2/c37-27(35-25-11-7-23(8-12-25)29-31-17-18-32-29)15-5-21-1-2-22(4-3-21)6-16-28(38)36-26-13-9-24(10-14-26)30-33-19-20-34-30/h1-5,7-15H,17-20H2,(H,31,32)(H,33,34)(H,35,37)(H,36,38)/b15-5+. The Morgan fingerprint density at radius 1 is 0.737 bits per heavy atom. The number of carbonyl (C=O) groups excluding carboxylic acids is 2. The molecular formula is C30H26N6O2. The Hall–Kier alpha value is -5.16. The Bertz CT molecular complexity index is 1470. The van der Waals surface area contributed by atoms with Gasteiger partial charge in [-0.05, 0) is 72.3 Å². The fourth-order valence-corrected chi connectivity index (χ4v) is 3.93. The highest BCUT2D eigenvalue weighted by Gasteiger charge is 2.09. The minimum absolute atomic E-state index is 0.227. The second kappa shape index (κ2) is 11.7. The summed E-state index contributed by atoms with van der Waals surface area (Å²) in [5, 5.41) is 12.1. The molecule has 8 nitrogen and oxygen atoms in total. The summed E-state index contributed by atoms with van der Waals surface area (Å²) in [6.45, 7) is 3.26. The highest BCUT2D eigenvalue weighted by molar-refractivity contribution is 6.05. The number of nitrogens with zero attached hydrogens (tertiary/aromatic N) is 2. The van der Waals surface area contributed by atoms with E-state index in [0.29, 0.717) is 16.9 Å². The molecular weight excluding hydrogens is 476 g/mol. The molecule has 0 atom stereocenters. The largest absolute Gasteiger partial charge is 0.368 e. The maximum atomic E-state index is 12.3. The minimum Gasteiger partial charge on any atom is -0.368 e. The van der Waals surface area contributed by atoms with Crippen molar-refractivity contribution < 1.29 is 9.59 Å². The molecule has 4 N–H and O–H groups in total. The zero-order valence-electron chi connectivity index (χ0n) is 20.6. The Morgan fingerprint density at radius 2 is 1.29 bits per heavy atom. The van der Waals surface area contributed by atoms with Gasteiger partial charge in [-0.15, -0.1) is 0 Å². The van der Waals surface area contributed by atoms with Gasteiger partial charge in [-0.3, -0.25) is 19.6 Å². The number of nitrogens with one attached hydrogen (secondary N) is 4. The first kappa shape index (κ1) is 24.5. The van der Waals surface area contributed by atoms with E-state index in [-0.39, 0.29) is 5.91 Å². The number of anilines is 2. The van der Waals surface area contributed by atoms with Gasteiger partial charge in [0, 0.05) is 53.2 Å². The van der Waals surface area contributed by atoms with Crippen molar-refractivity contribution in [1.82, 2.24) is 10.6 Å². The first-order chi connectivity index (χ1) is 18.6. The number of amides is 2. The number of hydrogen-bond acceptors (Lipinski definition) is 6. The predicted octanol–water partition coefficient (Wildman–Crippen LogP) is 3.03. The van der Waals surface area contributed by atoms with Gasteiger partial charge in [0.25, 0.3) is 0 Å². The zero-order valence-corrected chi connectivity index (χ0v) is 20.6. The molecule has 2 aliphatic heterocycles. The van der Waals surface area contributed by atoms with Gasteiger partial charge in [-0.25, -0.2) is 0 Å². The molecule has 0 bridgehead atoms. The summed E-state index contributed by atoms with van der Waals surface area (Å²) >= 11 is 0. The molecule has 0 aliphatic carbocycles. The number of carbonyl (C=O) groups is 2. The van der Waals surface area contributed by atoms with Crippen molar-refractivity contribution in [3.8, 4) is 11.8 Å². The lowest BCUT2D eigenvalue weighted by molar-refractivity contribution is -0.112. The number of benzene rings is 3. The van der Waals surface area contributed by atoms with E-state index in [1.54, 1.807) is 18.2 Å². The summed E-state index contributed by atoms with van der Waals surface area (Å²) in [7, 11) is 0. The van der Waals surface area contributed by atoms with E-state index >= 15 is 0 Å². The molecule has 0 radical (unpaired) electrons. The van der Waals surface area contributed by atoms with Gasteiger partial charge in [-0.1, -0.05) is 18.1 Å². The SMILES string of the molecule is O=C(C#Cc1ccc(/C=C/C(=O)Nc2ccc(C3=NCCN3)cc2)cc1)Nc1ccc(C2=NCCN2)cc1. The van der Waals surface area contributed by atoms with Crippen LogP contribution in [0.1, 0.15) is 22.3 Å². The highest BCUT2D eigenvalue weighted by atomic mass is 16.2. The van der Waals surface area contributed by atoms with Crippen molar-refractivity contribution in [2.45, 2.75) is 0 Å². The first-order valence-corrected chi connectivity index (χ1v) is 12.3. The van der Waals surface area contributed by atoms with Crippen LogP contribution in [-0.2, 0) is 9.59 Å². The van der Waals surface area contributed by atoms with E-state index in [1.165, 1.54) is 6.08 Å². The van der Waals surface area contributed by atoms with Gasteiger partial charge in [0.1, 0.15) is 11.7 Å². The number of amidine groups is 2. The van der Waals surface area contributed by atoms with Crippen LogP contribution < -0.4 is 21.3 Å². The fraction of sp³-hybridized carbons (Fsp3) is 0.133. The maximum Gasteiger partial charge on any atom is 0.300 e. The van der Waals surface area contributed by atoms with E-state index in [1.807, 2.05) is 60.7 Å². The molecule has 0 aromatic heterocycles. The summed E-state index contributed by atoms with van der Waals surface area (Å²) < 4.78 is 0. The second-order valence-corrected chi connectivity index (χ2v) is 8.62. The third kappa shape index (κ3) is 6.53. The van der Waals surface area contributed by atoms with E-state index in [0.717, 1.165) is 54.5 Å². The summed E-state index contributed by atoms with van der Waals surface area (Å²) in [6.07, 6.45) is 3.20. The molecule has 2 amide bonds. The molecule has 2 heterocycles. The van der Waals surface area contributed by atoms with Crippen molar-refractivity contribution in [3.63, 3.8) is 0 Å². The molecule has 0 spiro atoms. The highest BCUT2D eigenvalue weighted by Crippen LogP contribution is 2.13. The summed E-state index contributed by atoms with van der Waals surface area (Å²) in [5.74, 6) is 6.61. The lowest BCUT2D eigenvalue weighted by Crippen LogP contribution is -2.19. The van der Waals surface area contributed by atoms with Crippen LogP contribution in [0, 0.1) is 11.8 Å². The van der Waals surface area contributed by atoms with Crippen LogP contribution >= 0.6 is 0 Å². The van der Waals surface area contributed by atoms with Crippen molar-refractivity contribution in [1.29, 1.82) is 0 Å². The Morgan fingerprint density at radius 3 is 1.82 bits per heavy atom. The maximum absolute atomic E-state index is 12.3. The summed E-state index contributed by atoms with van der Waals surface area (Å²) in [6, 6.07) is 22.3. The van der Waals surface area contributed by atoms with Gasteiger partial charge >= 0.3 is 5.91 Å². The van der Waals surface area contributed by atoms with Crippen LogP contribution in [0.2, 0.25) is 0 Å². The van der Waals surface area contributed by atoms with Crippen LogP contribution in [0.15, 0.2) is 88.9 Å². The topological polar surface area (TPSA) is 107 Å². The van der Waals surface area contributed by atoms with Gasteiger partial charge in [0.05, 0.1) is 13.1 Å². The monoisotopic (exact) mass is 502 g/mol. The van der Waals surface area contributed by atoms with Crippen LogP contribution in [0.25, 0.3) is 6.08 Å². The quantitative estimate of drug-likeness (QED) is 0.307. The van der Waals surface area contributed by atoms with Crippen LogP contribution in [-0.4, -0.2) is 49.7 Å². The van der Waals surface area contributed by atoms with Crippen molar-refractivity contribution in [3.05, 3.63) is 101 Å². The van der Waals surface area contributed by atoms with E-state index < -0.39 is 5.91 Å². The molecule has 3 aromatic carbocycles. The fourth-order valence-electron chi connectivity index (χ4n) is 3.93. The Balaban J connectivity index is 1.10. The minimum atomic E-state index is -0.393. The molecule has 0 fully saturated rings. The van der Waals surface area contributed by atoms with Crippen molar-refractivity contribution in [2.75, 3.05) is 36.8 Å². The lowest BCUT2D eigenvalue weighted by Gasteiger charge is -2.05. The molecule has 5 rings (SSSR count). The third-order valence-corrected chi connectivity index (χ3v) is 5.85. The van der Waals surface area contributed by atoms with E-state index in [2.05, 4.69) is 43.1 Å². The second-order valence-electron chi connectivity index (χ2n) is 8.62. The van der Waals surface area contributed by atoms with Gasteiger partial charge in [0.15, 0.2) is 0 Å². The first-order valence-electron chi connectivity index (χ1n) is 12.3. The lowest BCUT2D eigenvalue weighted by atomic mass is 10.1. The molecule has 0 saturated carbocycles. The van der Waals surface area contributed by atoms with Crippen LogP contribution in [0.5, 0.6) is 0 Å². The number of hydrogen-bond donors (Lipinski definition) is 4. The molecule has 8 heteroatoms. The smallest absolute Gasteiger partial charge is 0.300 e.